The number of anilines is 1. The van der Waals surface area contributed by atoms with E-state index in [1.165, 1.54) is 22.9 Å². The maximum atomic E-state index is 13.3. The molecule has 0 unspecified atom stereocenters. The van der Waals surface area contributed by atoms with Crippen molar-refractivity contribution >= 4 is 11.7 Å². The van der Waals surface area contributed by atoms with Crippen LogP contribution in [-0.2, 0) is 11.3 Å². The standard InChI is InChI=1S/C24H25FN4O3/c1-32-21-7-5-20(6-8-21)29-23(30)10-9-22(27-29)28-13-11-18(12-14-28)24(31)26-16-17-3-2-4-19(25)15-17/h2-10,15,18H,11-14,16H2,1H3,(H,26,31). The fraction of sp³-hybridized carbons (Fsp3) is 0.292. The largest absolute Gasteiger partial charge is 0.497 e. The number of hydrogen-bond acceptors (Lipinski definition) is 5. The normalized spacial score (nSPS) is 14.2. The van der Waals surface area contributed by atoms with Gasteiger partial charge in [0.25, 0.3) is 5.56 Å². The molecule has 1 aliphatic rings. The maximum absolute atomic E-state index is 13.3. The molecule has 0 radical (unpaired) electrons. The minimum atomic E-state index is -0.312. The average molecular weight is 436 g/mol. The number of ether oxygens (including phenoxy) is 1. The van der Waals surface area contributed by atoms with E-state index in [-0.39, 0.29) is 23.2 Å². The van der Waals surface area contributed by atoms with E-state index in [1.807, 2.05) is 0 Å². The zero-order chi connectivity index (χ0) is 22.5. The lowest BCUT2D eigenvalue weighted by Crippen LogP contribution is -2.41. The predicted octanol–water partition coefficient (Wildman–Crippen LogP) is 2.91. The maximum Gasteiger partial charge on any atom is 0.271 e. The summed E-state index contributed by atoms with van der Waals surface area (Å²) in [5, 5.41) is 7.43. The second-order valence-electron chi connectivity index (χ2n) is 7.75. The lowest BCUT2D eigenvalue weighted by atomic mass is 9.96. The Morgan fingerprint density at radius 3 is 2.56 bits per heavy atom. The first-order valence-corrected chi connectivity index (χ1v) is 10.6. The van der Waals surface area contributed by atoms with Crippen molar-refractivity contribution in [2.24, 2.45) is 5.92 Å². The molecule has 2 aromatic carbocycles. The number of carbonyl (C=O) groups excluding carboxylic acids is 1. The number of halogens is 1. The molecule has 1 N–H and O–H groups in total. The number of nitrogens with one attached hydrogen (secondary N) is 1. The van der Waals surface area contributed by atoms with Gasteiger partial charge in [0.15, 0.2) is 0 Å². The van der Waals surface area contributed by atoms with E-state index in [2.05, 4.69) is 15.3 Å². The van der Waals surface area contributed by atoms with Gasteiger partial charge in [-0.25, -0.2) is 4.39 Å². The molecule has 1 aromatic heterocycles. The van der Waals surface area contributed by atoms with Crippen molar-refractivity contribution in [2.75, 3.05) is 25.1 Å². The van der Waals surface area contributed by atoms with Crippen LogP contribution in [0.4, 0.5) is 10.2 Å². The third-order valence-electron chi connectivity index (χ3n) is 5.65. The van der Waals surface area contributed by atoms with E-state index in [0.29, 0.717) is 49.7 Å². The number of carbonyl (C=O) groups is 1. The first kappa shape index (κ1) is 21.5. The van der Waals surface area contributed by atoms with E-state index in [0.717, 1.165) is 5.56 Å². The number of hydrogen-bond donors (Lipinski definition) is 1. The summed E-state index contributed by atoms with van der Waals surface area (Å²) in [5.74, 6) is 0.959. The van der Waals surface area contributed by atoms with Crippen LogP contribution < -0.4 is 20.5 Å². The minimum absolute atomic E-state index is 0.0231. The third kappa shape index (κ3) is 4.96. The Bertz CT molecular complexity index is 1140. The average Bonchev–Trinajstić information content (AvgIpc) is 2.83. The molecule has 0 bridgehead atoms. The van der Waals surface area contributed by atoms with E-state index >= 15 is 0 Å². The van der Waals surface area contributed by atoms with Crippen LogP contribution in [0.3, 0.4) is 0 Å². The third-order valence-corrected chi connectivity index (χ3v) is 5.65. The molecule has 3 aromatic rings. The molecular formula is C24H25FN4O3. The lowest BCUT2D eigenvalue weighted by Gasteiger charge is -2.32. The van der Waals surface area contributed by atoms with Gasteiger partial charge in [-0.2, -0.15) is 4.68 Å². The van der Waals surface area contributed by atoms with E-state index in [9.17, 15) is 14.0 Å². The number of methoxy groups -OCH3 is 1. The molecule has 0 saturated carbocycles. The molecule has 0 atom stereocenters. The fourth-order valence-electron chi connectivity index (χ4n) is 3.83. The summed E-state index contributed by atoms with van der Waals surface area (Å²) >= 11 is 0. The molecule has 4 rings (SSSR count). The number of amides is 1. The molecule has 1 fully saturated rings. The van der Waals surface area contributed by atoms with Crippen LogP contribution in [-0.4, -0.2) is 35.9 Å². The van der Waals surface area contributed by atoms with Crippen LogP contribution in [0.25, 0.3) is 5.69 Å². The van der Waals surface area contributed by atoms with Gasteiger partial charge in [-0.05, 0) is 60.9 Å². The summed E-state index contributed by atoms with van der Waals surface area (Å²) < 4.78 is 19.8. The number of nitrogens with zero attached hydrogens (tertiary/aromatic N) is 3. The van der Waals surface area contributed by atoms with E-state index in [1.54, 1.807) is 49.6 Å². The smallest absolute Gasteiger partial charge is 0.271 e. The highest BCUT2D eigenvalue weighted by Gasteiger charge is 2.26. The summed E-state index contributed by atoms with van der Waals surface area (Å²) in [4.78, 5) is 27.0. The summed E-state index contributed by atoms with van der Waals surface area (Å²) in [6.45, 7) is 1.63. The van der Waals surface area contributed by atoms with Crippen molar-refractivity contribution in [3.8, 4) is 11.4 Å². The first-order chi connectivity index (χ1) is 15.5. The Morgan fingerprint density at radius 2 is 1.88 bits per heavy atom. The molecule has 32 heavy (non-hydrogen) atoms. The molecule has 166 valence electrons. The number of benzene rings is 2. The van der Waals surface area contributed by atoms with Crippen LogP contribution >= 0.6 is 0 Å². The zero-order valence-corrected chi connectivity index (χ0v) is 17.8. The van der Waals surface area contributed by atoms with Crippen molar-refractivity contribution in [1.29, 1.82) is 0 Å². The summed E-state index contributed by atoms with van der Waals surface area (Å²) in [5.41, 5.74) is 1.18. The van der Waals surface area contributed by atoms with Crippen molar-refractivity contribution in [3.63, 3.8) is 0 Å². The monoisotopic (exact) mass is 436 g/mol. The van der Waals surface area contributed by atoms with E-state index < -0.39 is 0 Å². The summed E-state index contributed by atoms with van der Waals surface area (Å²) in [7, 11) is 1.59. The topological polar surface area (TPSA) is 76.5 Å². The van der Waals surface area contributed by atoms with Crippen molar-refractivity contribution in [3.05, 3.63) is 82.4 Å². The van der Waals surface area contributed by atoms with Crippen molar-refractivity contribution in [2.45, 2.75) is 19.4 Å². The highest BCUT2D eigenvalue weighted by molar-refractivity contribution is 5.79. The molecule has 8 heteroatoms. The number of rotatable bonds is 6. The Labute approximate surface area is 185 Å². The van der Waals surface area contributed by atoms with Crippen LogP contribution in [0.5, 0.6) is 5.75 Å². The first-order valence-electron chi connectivity index (χ1n) is 10.6. The number of piperidine rings is 1. The van der Waals surface area contributed by atoms with Crippen molar-refractivity contribution in [1.82, 2.24) is 15.1 Å². The Hall–Kier alpha value is -3.68. The van der Waals surface area contributed by atoms with Crippen LogP contribution in [0.2, 0.25) is 0 Å². The predicted molar refractivity (Wildman–Crippen MR) is 120 cm³/mol. The fourth-order valence-corrected chi connectivity index (χ4v) is 3.83. The SMILES string of the molecule is COc1ccc(-n2nc(N3CCC(C(=O)NCc4cccc(F)c4)CC3)ccc2=O)cc1. The molecule has 0 aliphatic carbocycles. The van der Waals surface area contributed by atoms with Crippen LogP contribution in [0, 0.1) is 11.7 Å². The Balaban J connectivity index is 1.37. The van der Waals surface area contributed by atoms with E-state index in [4.69, 9.17) is 4.74 Å². The second kappa shape index (κ2) is 9.64. The highest BCUT2D eigenvalue weighted by Crippen LogP contribution is 2.22. The molecule has 1 amide bonds. The van der Waals surface area contributed by atoms with Crippen LogP contribution in [0.1, 0.15) is 18.4 Å². The molecule has 1 saturated heterocycles. The van der Waals surface area contributed by atoms with Gasteiger partial charge >= 0.3 is 0 Å². The number of aromatic nitrogens is 2. The highest BCUT2D eigenvalue weighted by atomic mass is 19.1. The summed E-state index contributed by atoms with van der Waals surface area (Å²) in [6, 6.07) is 16.6. The van der Waals surface area contributed by atoms with Gasteiger partial charge in [-0.1, -0.05) is 12.1 Å². The zero-order valence-electron chi connectivity index (χ0n) is 17.8. The van der Waals surface area contributed by atoms with Gasteiger partial charge in [0.1, 0.15) is 17.4 Å². The minimum Gasteiger partial charge on any atom is -0.497 e. The van der Waals surface area contributed by atoms with Gasteiger partial charge in [0.2, 0.25) is 5.91 Å². The van der Waals surface area contributed by atoms with Gasteiger partial charge in [-0.15, -0.1) is 5.10 Å². The molecular weight excluding hydrogens is 411 g/mol. The van der Waals surface area contributed by atoms with Gasteiger partial charge in [0.05, 0.1) is 12.8 Å². The quantitative estimate of drug-likeness (QED) is 0.643. The van der Waals surface area contributed by atoms with Gasteiger partial charge in [-0.3, -0.25) is 9.59 Å². The molecule has 0 spiro atoms. The molecule has 2 heterocycles. The second-order valence-corrected chi connectivity index (χ2v) is 7.75. The molecule has 7 nitrogen and oxygen atoms in total. The molecule has 1 aliphatic heterocycles. The Morgan fingerprint density at radius 1 is 1.12 bits per heavy atom. The Kier molecular flexibility index (Phi) is 6.49. The summed E-state index contributed by atoms with van der Waals surface area (Å²) in [6.07, 6.45) is 1.36. The van der Waals surface area contributed by atoms with Crippen LogP contribution in [0.15, 0.2) is 65.5 Å². The van der Waals surface area contributed by atoms with Gasteiger partial charge < -0.3 is 15.0 Å². The van der Waals surface area contributed by atoms with Crippen molar-refractivity contribution < 1.29 is 13.9 Å². The van der Waals surface area contributed by atoms with Gasteiger partial charge in [0, 0.05) is 31.6 Å². The lowest BCUT2D eigenvalue weighted by molar-refractivity contribution is -0.125.